The first-order chi connectivity index (χ1) is 11.5. The minimum Gasteiger partial charge on any atom is -0.493 e. The fourth-order valence-corrected chi connectivity index (χ4v) is 2.05. The van der Waals surface area contributed by atoms with Crippen molar-refractivity contribution in [2.75, 3.05) is 18.5 Å². The molecule has 5 nitrogen and oxygen atoms in total. The van der Waals surface area contributed by atoms with Crippen LogP contribution in [0, 0.1) is 12.7 Å². The minimum atomic E-state index is -0.682. The molecule has 126 valence electrons. The number of benzene rings is 2. The highest BCUT2D eigenvalue weighted by Gasteiger charge is 2.15. The molecule has 0 aliphatic carbocycles. The van der Waals surface area contributed by atoms with Gasteiger partial charge in [-0.25, -0.2) is 9.18 Å². The highest BCUT2D eigenvalue weighted by molar-refractivity contribution is 5.96. The molecule has 0 spiro atoms. The van der Waals surface area contributed by atoms with Crippen LogP contribution in [0.2, 0.25) is 0 Å². The summed E-state index contributed by atoms with van der Waals surface area (Å²) in [6, 6.07) is 10.9. The van der Waals surface area contributed by atoms with Crippen LogP contribution >= 0.6 is 0 Å². The average Bonchev–Trinajstić information content (AvgIpc) is 2.57. The maximum atomic E-state index is 13.6. The van der Waals surface area contributed by atoms with E-state index in [0.29, 0.717) is 12.4 Å². The van der Waals surface area contributed by atoms with Crippen molar-refractivity contribution in [2.24, 2.45) is 0 Å². The molecule has 1 amide bonds. The molecule has 0 bridgehead atoms. The maximum Gasteiger partial charge on any atom is 0.342 e. The Morgan fingerprint density at radius 2 is 1.92 bits per heavy atom. The number of anilines is 1. The predicted octanol–water partition coefficient (Wildman–Crippen LogP) is 3.33. The van der Waals surface area contributed by atoms with Gasteiger partial charge in [-0.05, 0) is 43.7 Å². The SMILES string of the molecule is CCOc1ccccc1C(=O)OCC(=O)Nc1cc(C)ccc1F. The van der Waals surface area contributed by atoms with Crippen molar-refractivity contribution >= 4 is 17.6 Å². The number of esters is 1. The fourth-order valence-electron chi connectivity index (χ4n) is 2.05. The number of ether oxygens (including phenoxy) is 2. The van der Waals surface area contributed by atoms with Crippen LogP contribution in [0.3, 0.4) is 0 Å². The number of carbonyl (C=O) groups excluding carboxylic acids is 2. The van der Waals surface area contributed by atoms with Gasteiger partial charge in [0.25, 0.3) is 5.91 Å². The molecular formula is C18H18FNO4. The van der Waals surface area contributed by atoms with Crippen LogP contribution in [-0.2, 0) is 9.53 Å². The van der Waals surface area contributed by atoms with Gasteiger partial charge in [0.15, 0.2) is 6.61 Å². The zero-order valence-electron chi connectivity index (χ0n) is 13.5. The third-order valence-corrected chi connectivity index (χ3v) is 3.14. The van der Waals surface area contributed by atoms with Gasteiger partial charge in [0.2, 0.25) is 0 Å². The molecule has 1 N–H and O–H groups in total. The number of amides is 1. The highest BCUT2D eigenvalue weighted by atomic mass is 19.1. The molecule has 0 saturated carbocycles. The van der Waals surface area contributed by atoms with Gasteiger partial charge >= 0.3 is 5.97 Å². The summed E-state index contributed by atoms with van der Waals surface area (Å²) in [6.45, 7) is 3.45. The van der Waals surface area contributed by atoms with Gasteiger partial charge in [-0.3, -0.25) is 4.79 Å². The van der Waals surface area contributed by atoms with Crippen LogP contribution in [0.4, 0.5) is 10.1 Å². The van der Waals surface area contributed by atoms with Gasteiger partial charge in [0, 0.05) is 0 Å². The normalized spacial score (nSPS) is 10.1. The summed E-state index contributed by atoms with van der Waals surface area (Å²) >= 11 is 0. The van der Waals surface area contributed by atoms with Gasteiger partial charge in [-0.15, -0.1) is 0 Å². The lowest BCUT2D eigenvalue weighted by Gasteiger charge is -2.10. The molecule has 2 aromatic carbocycles. The van der Waals surface area contributed by atoms with Crippen molar-refractivity contribution in [3.8, 4) is 5.75 Å². The molecular weight excluding hydrogens is 313 g/mol. The number of para-hydroxylation sites is 1. The Balaban J connectivity index is 1.96. The second-order valence-corrected chi connectivity index (χ2v) is 5.04. The molecule has 0 fully saturated rings. The Bertz CT molecular complexity index is 746. The van der Waals surface area contributed by atoms with E-state index in [4.69, 9.17) is 9.47 Å². The third kappa shape index (κ3) is 4.55. The lowest BCUT2D eigenvalue weighted by atomic mass is 10.2. The molecule has 0 aliphatic heterocycles. The van der Waals surface area contributed by atoms with Gasteiger partial charge < -0.3 is 14.8 Å². The molecule has 6 heteroatoms. The van der Waals surface area contributed by atoms with E-state index in [1.165, 1.54) is 12.1 Å². The van der Waals surface area contributed by atoms with E-state index in [0.717, 1.165) is 5.56 Å². The molecule has 2 rings (SSSR count). The summed E-state index contributed by atoms with van der Waals surface area (Å²) in [4.78, 5) is 23.9. The number of carbonyl (C=O) groups is 2. The second-order valence-electron chi connectivity index (χ2n) is 5.04. The van der Waals surface area contributed by atoms with Crippen LogP contribution in [0.15, 0.2) is 42.5 Å². The van der Waals surface area contributed by atoms with Crippen LogP contribution in [0.1, 0.15) is 22.8 Å². The summed E-state index contributed by atoms with van der Waals surface area (Å²) in [5.41, 5.74) is 1.08. The third-order valence-electron chi connectivity index (χ3n) is 3.14. The van der Waals surface area contributed by atoms with Crippen molar-refractivity contribution in [1.29, 1.82) is 0 Å². The highest BCUT2D eigenvalue weighted by Crippen LogP contribution is 2.19. The van der Waals surface area contributed by atoms with E-state index in [1.807, 2.05) is 0 Å². The lowest BCUT2D eigenvalue weighted by Crippen LogP contribution is -2.21. The molecule has 0 aliphatic rings. The zero-order valence-corrected chi connectivity index (χ0v) is 13.5. The smallest absolute Gasteiger partial charge is 0.342 e. The summed E-state index contributed by atoms with van der Waals surface area (Å²) in [6.07, 6.45) is 0. The molecule has 0 atom stereocenters. The largest absolute Gasteiger partial charge is 0.493 e. The van der Waals surface area contributed by atoms with Crippen LogP contribution < -0.4 is 10.1 Å². The summed E-state index contributed by atoms with van der Waals surface area (Å²) in [5.74, 6) is -1.47. The standard InChI is InChI=1S/C18H18FNO4/c1-3-23-16-7-5-4-6-13(16)18(22)24-11-17(21)20-15-10-12(2)8-9-14(15)19/h4-10H,3,11H2,1-2H3,(H,20,21). The number of hydrogen-bond donors (Lipinski definition) is 1. The monoisotopic (exact) mass is 331 g/mol. The fraction of sp³-hybridized carbons (Fsp3) is 0.222. The average molecular weight is 331 g/mol. The first kappa shape index (κ1) is 17.5. The van der Waals surface area contributed by atoms with Crippen molar-refractivity contribution in [1.82, 2.24) is 0 Å². The zero-order chi connectivity index (χ0) is 17.5. The van der Waals surface area contributed by atoms with Crippen molar-refractivity contribution in [2.45, 2.75) is 13.8 Å². The number of nitrogens with one attached hydrogen (secondary N) is 1. The molecule has 0 radical (unpaired) electrons. The number of rotatable bonds is 6. The molecule has 0 unspecified atom stereocenters. The number of aryl methyl sites for hydroxylation is 1. The molecule has 0 saturated heterocycles. The van der Waals surface area contributed by atoms with Gasteiger partial charge in [0.05, 0.1) is 12.3 Å². The minimum absolute atomic E-state index is 0.0470. The summed E-state index contributed by atoms with van der Waals surface area (Å²) in [5, 5.41) is 2.38. The quantitative estimate of drug-likeness (QED) is 0.825. The number of hydrogen-bond acceptors (Lipinski definition) is 4. The first-order valence-corrected chi connectivity index (χ1v) is 7.46. The number of halogens is 1. The van der Waals surface area contributed by atoms with Gasteiger partial charge in [-0.1, -0.05) is 18.2 Å². The Morgan fingerprint density at radius 1 is 1.17 bits per heavy atom. The maximum absolute atomic E-state index is 13.6. The Labute approximate surface area is 139 Å². The van der Waals surface area contributed by atoms with E-state index in [2.05, 4.69) is 5.32 Å². The first-order valence-electron chi connectivity index (χ1n) is 7.46. The van der Waals surface area contributed by atoms with Crippen LogP contribution in [0.5, 0.6) is 5.75 Å². The van der Waals surface area contributed by atoms with Crippen LogP contribution in [-0.4, -0.2) is 25.1 Å². The molecule has 2 aromatic rings. The van der Waals surface area contributed by atoms with Crippen molar-refractivity contribution < 1.29 is 23.5 Å². The Kier molecular flexibility index (Phi) is 5.89. The predicted molar refractivity (Wildman–Crippen MR) is 87.7 cm³/mol. The van der Waals surface area contributed by atoms with E-state index >= 15 is 0 Å². The lowest BCUT2D eigenvalue weighted by molar-refractivity contribution is -0.119. The Morgan fingerprint density at radius 3 is 2.67 bits per heavy atom. The summed E-state index contributed by atoms with van der Waals surface area (Å²) in [7, 11) is 0. The van der Waals surface area contributed by atoms with E-state index in [9.17, 15) is 14.0 Å². The molecule has 24 heavy (non-hydrogen) atoms. The molecule has 0 heterocycles. The van der Waals surface area contributed by atoms with Crippen LogP contribution in [0.25, 0.3) is 0 Å². The second kappa shape index (κ2) is 8.10. The summed E-state index contributed by atoms with van der Waals surface area (Å²) < 4.78 is 23.9. The van der Waals surface area contributed by atoms with E-state index < -0.39 is 24.3 Å². The van der Waals surface area contributed by atoms with E-state index in [-0.39, 0.29) is 11.3 Å². The molecule has 0 aromatic heterocycles. The topological polar surface area (TPSA) is 64.6 Å². The van der Waals surface area contributed by atoms with E-state index in [1.54, 1.807) is 44.2 Å². The van der Waals surface area contributed by atoms with Crippen molar-refractivity contribution in [3.05, 3.63) is 59.4 Å². The Hall–Kier alpha value is -2.89. The van der Waals surface area contributed by atoms with Gasteiger partial charge in [-0.2, -0.15) is 0 Å². The van der Waals surface area contributed by atoms with Crippen molar-refractivity contribution in [3.63, 3.8) is 0 Å². The van der Waals surface area contributed by atoms with Gasteiger partial charge in [0.1, 0.15) is 17.1 Å².